The Morgan fingerprint density at radius 1 is 1.21 bits per heavy atom. The first-order valence-corrected chi connectivity index (χ1v) is 10.3. The van der Waals surface area contributed by atoms with Crippen molar-refractivity contribution in [3.63, 3.8) is 0 Å². The van der Waals surface area contributed by atoms with Crippen LogP contribution in [0.1, 0.15) is 38.4 Å². The second-order valence-electron chi connectivity index (χ2n) is 8.80. The predicted molar refractivity (Wildman–Crippen MR) is 111 cm³/mol. The molecule has 2 unspecified atom stereocenters. The standard InChI is InChI=1S/C22H23F5N4O3/c1-21(2,3)34-20(33)31-11-14(23)8-17(31)19(32)29-10-15-6-12(7-18(24)30-15)16-5-4-13(9-28-16)22(25,26)27/h4-7,9,14,17H,8,10-11H2,1-3H3,(H,29,32). The highest BCUT2D eigenvalue weighted by atomic mass is 19.4. The van der Waals surface area contributed by atoms with Gasteiger partial charge in [-0.25, -0.2) is 14.2 Å². The van der Waals surface area contributed by atoms with Crippen molar-refractivity contribution in [1.82, 2.24) is 20.2 Å². The minimum absolute atomic E-state index is 0.0589. The van der Waals surface area contributed by atoms with E-state index < -0.39 is 47.5 Å². The van der Waals surface area contributed by atoms with E-state index in [0.29, 0.717) is 6.20 Å². The summed E-state index contributed by atoms with van der Waals surface area (Å²) in [5.74, 6) is -1.60. The molecule has 3 rings (SSSR count). The lowest BCUT2D eigenvalue weighted by atomic mass is 10.1. The second-order valence-corrected chi connectivity index (χ2v) is 8.80. The lowest BCUT2D eigenvalue weighted by Crippen LogP contribution is -2.47. The summed E-state index contributed by atoms with van der Waals surface area (Å²) >= 11 is 0. The Kier molecular flexibility index (Phi) is 7.08. The summed E-state index contributed by atoms with van der Waals surface area (Å²) in [7, 11) is 0. The summed E-state index contributed by atoms with van der Waals surface area (Å²) in [6.45, 7) is 4.36. The molecule has 0 saturated carbocycles. The molecule has 2 atom stereocenters. The van der Waals surface area contributed by atoms with Crippen LogP contribution in [0.25, 0.3) is 11.3 Å². The van der Waals surface area contributed by atoms with Gasteiger partial charge < -0.3 is 10.1 Å². The van der Waals surface area contributed by atoms with Crippen molar-refractivity contribution < 1.29 is 36.3 Å². The van der Waals surface area contributed by atoms with Crippen LogP contribution in [0, 0.1) is 5.95 Å². The van der Waals surface area contributed by atoms with E-state index in [0.717, 1.165) is 23.1 Å². The summed E-state index contributed by atoms with van der Waals surface area (Å²) < 4.78 is 71.4. The van der Waals surface area contributed by atoms with E-state index in [9.17, 15) is 31.5 Å². The van der Waals surface area contributed by atoms with Gasteiger partial charge in [-0.3, -0.25) is 14.7 Å². The van der Waals surface area contributed by atoms with Gasteiger partial charge >= 0.3 is 12.3 Å². The van der Waals surface area contributed by atoms with Crippen molar-refractivity contribution in [1.29, 1.82) is 0 Å². The molecular formula is C22H23F5N4O3. The van der Waals surface area contributed by atoms with Crippen molar-refractivity contribution in [3.05, 3.63) is 47.7 Å². The average Bonchev–Trinajstić information content (AvgIpc) is 3.12. The second kappa shape index (κ2) is 9.51. The Morgan fingerprint density at radius 2 is 1.91 bits per heavy atom. The van der Waals surface area contributed by atoms with Gasteiger partial charge in [-0.2, -0.15) is 17.6 Å². The molecule has 0 aliphatic carbocycles. The van der Waals surface area contributed by atoms with E-state index in [1.807, 2.05) is 0 Å². The van der Waals surface area contributed by atoms with Crippen LogP contribution in [0.3, 0.4) is 0 Å². The number of carbonyl (C=O) groups excluding carboxylic acids is 2. The van der Waals surface area contributed by atoms with Gasteiger partial charge in [0.25, 0.3) is 0 Å². The molecule has 1 fully saturated rings. The average molecular weight is 486 g/mol. The van der Waals surface area contributed by atoms with E-state index in [-0.39, 0.29) is 36.5 Å². The van der Waals surface area contributed by atoms with Crippen LogP contribution in [0.4, 0.5) is 26.7 Å². The zero-order valence-corrected chi connectivity index (χ0v) is 18.6. The SMILES string of the molecule is CC(C)(C)OC(=O)N1CC(F)CC1C(=O)NCc1cc(-c2ccc(C(F)(F)F)cn2)cc(F)n1. The zero-order valence-electron chi connectivity index (χ0n) is 18.6. The molecule has 0 spiro atoms. The van der Waals surface area contributed by atoms with Gasteiger partial charge in [0, 0.05) is 24.2 Å². The van der Waals surface area contributed by atoms with E-state index in [1.54, 1.807) is 20.8 Å². The van der Waals surface area contributed by atoms with Gasteiger partial charge in [-0.05, 0) is 39.0 Å². The molecule has 0 radical (unpaired) electrons. The number of hydrogen-bond acceptors (Lipinski definition) is 5. The molecule has 2 aromatic rings. The van der Waals surface area contributed by atoms with Crippen molar-refractivity contribution in [2.24, 2.45) is 0 Å². The fraction of sp³-hybridized carbons (Fsp3) is 0.455. The first-order valence-electron chi connectivity index (χ1n) is 10.3. The molecule has 0 bridgehead atoms. The summed E-state index contributed by atoms with van der Waals surface area (Å²) in [6, 6.07) is 3.15. The number of alkyl halides is 4. The topological polar surface area (TPSA) is 84.4 Å². The maximum absolute atomic E-state index is 14.0. The van der Waals surface area contributed by atoms with Crippen LogP contribution < -0.4 is 5.32 Å². The van der Waals surface area contributed by atoms with Crippen molar-refractivity contribution in [2.45, 2.75) is 57.7 Å². The number of rotatable bonds is 4. The summed E-state index contributed by atoms with van der Waals surface area (Å²) in [5.41, 5.74) is -1.49. The molecule has 1 aliphatic rings. The molecule has 7 nitrogen and oxygen atoms in total. The molecule has 184 valence electrons. The van der Waals surface area contributed by atoms with Crippen molar-refractivity contribution in [3.8, 4) is 11.3 Å². The van der Waals surface area contributed by atoms with Crippen LogP contribution in [0.2, 0.25) is 0 Å². The van der Waals surface area contributed by atoms with Gasteiger partial charge in [-0.15, -0.1) is 0 Å². The number of likely N-dealkylation sites (tertiary alicyclic amines) is 1. The highest BCUT2D eigenvalue weighted by Gasteiger charge is 2.41. The zero-order chi connectivity index (χ0) is 25.3. The molecule has 34 heavy (non-hydrogen) atoms. The number of pyridine rings is 2. The van der Waals surface area contributed by atoms with E-state index in [4.69, 9.17) is 4.74 Å². The lowest BCUT2D eigenvalue weighted by Gasteiger charge is -2.27. The number of carbonyl (C=O) groups is 2. The molecule has 0 aromatic carbocycles. The largest absolute Gasteiger partial charge is 0.444 e. The summed E-state index contributed by atoms with van der Waals surface area (Å²) in [4.78, 5) is 33.4. The van der Waals surface area contributed by atoms with Crippen molar-refractivity contribution in [2.75, 3.05) is 6.54 Å². The fourth-order valence-electron chi connectivity index (χ4n) is 3.37. The molecule has 2 amide bonds. The molecule has 3 heterocycles. The molecule has 2 aromatic heterocycles. The van der Waals surface area contributed by atoms with Gasteiger partial charge in [0.1, 0.15) is 17.8 Å². The number of ether oxygens (including phenoxy) is 1. The third kappa shape index (κ3) is 6.39. The first-order chi connectivity index (χ1) is 15.7. The van der Waals surface area contributed by atoms with E-state index in [2.05, 4.69) is 15.3 Å². The molecule has 1 N–H and O–H groups in total. The van der Waals surface area contributed by atoms with Crippen LogP contribution in [0.5, 0.6) is 0 Å². The van der Waals surface area contributed by atoms with Gasteiger partial charge in [-0.1, -0.05) is 0 Å². The van der Waals surface area contributed by atoms with Crippen LogP contribution >= 0.6 is 0 Å². The molecule has 1 aliphatic heterocycles. The Morgan fingerprint density at radius 3 is 2.50 bits per heavy atom. The Labute approximate surface area is 192 Å². The number of halogens is 5. The normalized spacial score (nSPS) is 18.6. The van der Waals surface area contributed by atoms with Gasteiger partial charge in [0.2, 0.25) is 11.9 Å². The highest BCUT2D eigenvalue weighted by Crippen LogP contribution is 2.30. The molecule has 1 saturated heterocycles. The Bertz CT molecular complexity index is 1050. The summed E-state index contributed by atoms with van der Waals surface area (Å²) in [5, 5.41) is 2.49. The minimum Gasteiger partial charge on any atom is -0.444 e. The van der Waals surface area contributed by atoms with Crippen LogP contribution in [-0.2, 0) is 22.3 Å². The van der Waals surface area contributed by atoms with Crippen LogP contribution in [-0.4, -0.2) is 51.2 Å². The maximum Gasteiger partial charge on any atom is 0.417 e. The Hall–Kier alpha value is -3.31. The van der Waals surface area contributed by atoms with Gasteiger partial charge in [0.05, 0.1) is 30.0 Å². The monoisotopic (exact) mass is 486 g/mol. The number of nitrogens with zero attached hydrogens (tertiary/aromatic N) is 3. The van der Waals surface area contributed by atoms with E-state index in [1.165, 1.54) is 6.07 Å². The third-order valence-electron chi connectivity index (χ3n) is 4.86. The number of aromatic nitrogens is 2. The summed E-state index contributed by atoms with van der Waals surface area (Å²) in [6.07, 6.45) is -6.38. The fourth-order valence-corrected chi connectivity index (χ4v) is 3.37. The first kappa shape index (κ1) is 25.3. The third-order valence-corrected chi connectivity index (χ3v) is 4.86. The number of amides is 2. The maximum atomic E-state index is 14.0. The van der Waals surface area contributed by atoms with E-state index >= 15 is 0 Å². The molecular weight excluding hydrogens is 463 g/mol. The smallest absolute Gasteiger partial charge is 0.417 e. The quantitative estimate of drug-likeness (QED) is 0.516. The predicted octanol–water partition coefficient (Wildman–Crippen LogP) is 4.27. The minimum atomic E-state index is -4.56. The van der Waals surface area contributed by atoms with Crippen molar-refractivity contribution >= 4 is 12.0 Å². The highest BCUT2D eigenvalue weighted by molar-refractivity contribution is 5.86. The van der Waals surface area contributed by atoms with Gasteiger partial charge in [0.15, 0.2) is 0 Å². The Balaban J connectivity index is 1.71. The van der Waals surface area contributed by atoms with Crippen LogP contribution in [0.15, 0.2) is 30.5 Å². The number of hydrogen-bond donors (Lipinski definition) is 1. The number of nitrogens with one attached hydrogen (secondary N) is 1. The molecule has 12 heteroatoms. The lowest BCUT2D eigenvalue weighted by molar-refractivity contribution is -0.137.